The van der Waals surface area contributed by atoms with Crippen LogP contribution in [0.5, 0.6) is 0 Å². The van der Waals surface area contributed by atoms with Crippen LogP contribution in [-0.4, -0.2) is 12.1 Å². The molecule has 2 nitrogen and oxygen atoms in total. The van der Waals surface area contributed by atoms with Crippen molar-refractivity contribution >= 4 is 5.97 Å². The zero-order valence-electron chi connectivity index (χ0n) is 9.69. The van der Waals surface area contributed by atoms with Crippen LogP contribution in [-0.2, 0) is 9.53 Å². The molecule has 16 heavy (non-hydrogen) atoms. The van der Waals surface area contributed by atoms with Crippen molar-refractivity contribution in [3.8, 4) is 0 Å². The lowest BCUT2D eigenvalue weighted by Crippen LogP contribution is -2.06. The van der Waals surface area contributed by atoms with Crippen molar-refractivity contribution in [3.05, 3.63) is 35.9 Å². The summed E-state index contributed by atoms with van der Waals surface area (Å²) in [5.74, 6) is -0.0876. The third-order valence-electron chi connectivity index (χ3n) is 3.15. The Balaban J connectivity index is 2.00. The molecule has 0 saturated carbocycles. The van der Waals surface area contributed by atoms with Gasteiger partial charge < -0.3 is 4.74 Å². The molecule has 0 spiro atoms. The van der Waals surface area contributed by atoms with Crippen molar-refractivity contribution in [2.45, 2.75) is 44.6 Å². The first kappa shape index (κ1) is 11.2. The smallest absolute Gasteiger partial charge is 0.313 e. The quantitative estimate of drug-likeness (QED) is 0.725. The summed E-state index contributed by atoms with van der Waals surface area (Å²) in [6, 6.07) is 9.94. The molecule has 1 aliphatic heterocycles. The van der Waals surface area contributed by atoms with Crippen molar-refractivity contribution < 1.29 is 9.53 Å². The molecular weight excluding hydrogens is 200 g/mol. The van der Waals surface area contributed by atoms with Crippen molar-refractivity contribution in [2.24, 2.45) is 0 Å². The van der Waals surface area contributed by atoms with Gasteiger partial charge in [0, 0.05) is 6.42 Å². The molecule has 2 atom stereocenters. The van der Waals surface area contributed by atoms with E-state index in [0.29, 0.717) is 0 Å². The molecule has 2 heteroatoms. The predicted octanol–water partition coefficient (Wildman–Crippen LogP) is 3.28. The number of carbonyl (C=O) groups is 1. The first-order valence-corrected chi connectivity index (χ1v) is 6.06. The molecule has 1 aromatic carbocycles. The zero-order chi connectivity index (χ0) is 11.4. The van der Waals surface area contributed by atoms with Crippen LogP contribution in [0.15, 0.2) is 30.3 Å². The molecule has 1 aromatic rings. The first-order chi connectivity index (χ1) is 7.81. The predicted molar refractivity (Wildman–Crippen MR) is 63.2 cm³/mol. The number of cyclic esters (lactones) is 1. The molecule has 1 aliphatic rings. The lowest BCUT2D eigenvalue weighted by Gasteiger charge is -2.06. The zero-order valence-corrected chi connectivity index (χ0v) is 9.69. The van der Waals surface area contributed by atoms with E-state index in [-0.39, 0.29) is 18.0 Å². The molecule has 2 rings (SSSR count). The Morgan fingerprint density at radius 1 is 1.31 bits per heavy atom. The third-order valence-corrected chi connectivity index (χ3v) is 3.15. The number of esters is 1. The maximum atomic E-state index is 11.7. The maximum Gasteiger partial charge on any atom is 0.313 e. The second-order valence-electron chi connectivity index (χ2n) is 4.40. The summed E-state index contributed by atoms with van der Waals surface area (Å²) >= 11 is 0. The Hall–Kier alpha value is -1.31. The average molecular weight is 218 g/mol. The van der Waals surface area contributed by atoms with E-state index in [1.807, 2.05) is 30.3 Å². The van der Waals surface area contributed by atoms with Crippen LogP contribution in [0.2, 0.25) is 0 Å². The molecule has 1 saturated heterocycles. The fourth-order valence-corrected chi connectivity index (χ4v) is 2.22. The fraction of sp³-hybridized carbons (Fsp3) is 0.500. The summed E-state index contributed by atoms with van der Waals surface area (Å²) in [5, 5.41) is 0. The Morgan fingerprint density at radius 3 is 2.75 bits per heavy atom. The molecule has 0 bridgehead atoms. The molecule has 1 heterocycles. The Kier molecular flexibility index (Phi) is 3.60. The monoisotopic (exact) mass is 218 g/mol. The Labute approximate surface area is 96.6 Å². The van der Waals surface area contributed by atoms with Gasteiger partial charge in [-0.05, 0) is 12.0 Å². The van der Waals surface area contributed by atoms with Crippen molar-refractivity contribution in [3.63, 3.8) is 0 Å². The highest BCUT2D eigenvalue weighted by Gasteiger charge is 2.34. The van der Waals surface area contributed by atoms with Gasteiger partial charge in [0.05, 0.1) is 5.92 Å². The Morgan fingerprint density at radius 2 is 2.06 bits per heavy atom. The van der Waals surface area contributed by atoms with E-state index in [0.717, 1.165) is 31.2 Å². The van der Waals surface area contributed by atoms with E-state index in [1.165, 1.54) is 0 Å². The molecule has 0 N–H and O–H groups in total. The van der Waals surface area contributed by atoms with Crippen molar-refractivity contribution in [1.29, 1.82) is 0 Å². The summed E-state index contributed by atoms with van der Waals surface area (Å²) < 4.78 is 5.39. The van der Waals surface area contributed by atoms with Gasteiger partial charge in [-0.15, -0.1) is 0 Å². The second kappa shape index (κ2) is 5.15. The number of hydrogen-bond acceptors (Lipinski definition) is 2. The number of carbonyl (C=O) groups excluding carboxylic acids is 1. The highest BCUT2D eigenvalue weighted by molar-refractivity contribution is 5.80. The van der Waals surface area contributed by atoms with E-state index in [4.69, 9.17) is 4.74 Å². The van der Waals surface area contributed by atoms with E-state index >= 15 is 0 Å². The minimum Gasteiger partial charge on any atom is -0.462 e. The first-order valence-electron chi connectivity index (χ1n) is 6.06. The van der Waals surface area contributed by atoms with E-state index in [1.54, 1.807) is 0 Å². The molecule has 0 aromatic heterocycles. The van der Waals surface area contributed by atoms with Crippen LogP contribution in [0.1, 0.15) is 44.1 Å². The summed E-state index contributed by atoms with van der Waals surface area (Å²) in [5.41, 5.74) is 1.09. The Bertz CT molecular complexity index is 345. The lowest BCUT2D eigenvalue weighted by atomic mass is 9.94. The van der Waals surface area contributed by atoms with Crippen LogP contribution in [0.3, 0.4) is 0 Å². The molecule has 0 aliphatic carbocycles. The number of unbranched alkanes of at least 4 members (excludes halogenated alkanes) is 1. The van der Waals surface area contributed by atoms with Crippen LogP contribution >= 0.6 is 0 Å². The number of hydrogen-bond donors (Lipinski definition) is 0. The highest BCUT2D eigenvalue weighted by Crippen LogP contribution is 2.32. The normalized spacial score (nSPS) is 24.4. The van der Waals surface area contributed by atoms with Gasteiger partial charge in [-0.1, -0.05) is 50.1 Å². The van der Waals surface area contributed by atoms with Gasteiger partial charge in [-0.25, -0.2) is 0 Å². The van der Waals surface area contributed by atoms with E-state index in [9.17, 15) is 4.79 Å². The molecule has 0 radical (unpaired) electrons. The van der Waals surface area contributed by atoms with Crippen LogP contribution in [0.25, 0.3) is 0 Å². The highest BCUT2D eigenvalue weighted by atomic mass is 16.5. The van der Waals surface area contributed by atoms with Crippen LogP contribution < -0.4 is 0 Å². The molecule has 1 fully saturated rings. The number of benzene rings is 1. The maximum absolute atomic E-state index is 11.7. The average Bonchev–Trinajstić information content (AvgIpc) is 2.69. The summed E-state index contributed by atoms with van der Waals surface area (Å²) in [4.78, 5) is 11.7. The van der Waals surface area contributed by atoms with Gasteiger partial charge in [0.1, 0.15) is 6.10 Å². The summed E-state index contributed by atoms with van der Waals surface area (Å²) in [6.07, 6.45) is 4.29. The SMILES string of the molecule is CCCCC1CC(c2ccccc2)C(=O)O1. The number of ether oxygens (including phenoxy) is 1. The van der Waals surface area contributed by atoms with Gasteiger partial charge in [0.15, 0.2) is 0 Å². The van der Waals surface area contributed by atoms with Gasteiger partial charge in [-0.3, -0.25) is 4.79 Å². The largest absolute Gasteiger partial charge is 0.462 e. The van der Waals surface area contributed by atoms with Gasteiger partial charge in [-0.2, -0.15) is 0 Å². The van der Waals surface area contributed by atoms with Gasteiger partial charge in [0.25, 0.3) is 0 Å². The minimum absolute atomic E-state index is 0.0388. The minimum atomic E-state index is -0.0488. The third kappa shape index (κ3) is 2.43. The van der Waals surface area contributed by atoms with E-state index < -0.39 is 0 Å². The standard InChI is InChI=1S/C14H18O2/c1-2-3-9-12-10-13(14(15)16-12)11-7-5-4-6-8-11/h4-8,12-13H,2-3,9-10H2,1H3. The van der Waals surface area contributed by atoms with Crippen molar-refractivity contribution in [1.82, 2.24) is 0 Å². The van der Waals surface area contributed by atoms with Crippen LogP contribution in [0, 0.1) is 0 Å². The fourth-order valence-electron chi connectivity index (χ4n) is 2.22. The van der Waals surface area contributed by atoms with Gasteiger partial charge >= 0.3 is 5.97 Å². The summed E-state index contributed by atoms with van der Waals surface area (Å²) in [7, 11) is 0. The van der Waals surface area contributed by atoms with Gasteiger partial charge in [0.2, 0.25) is 0 Å². The number of rotatable bonds is 4. The van der Waals surface area contributed by atoms with Crippen molar-refractivity contribution in [2.75, 3.05) is 0 Å². The van der Waals surface area contributed by atoms with Crippen LogP contribution in [0.4, 0.5) is 0 Å². The van der Waals surface area contributed by atoms with E-state index in [2.05, 4.69) is 6.92 Å². The molecule has 86 valence electrons. The lowest BCUT2D eigenvalue weighted by molar-refractivity contribution is -0.142. The molecular formula is C14H18O2. The topological polar surface area (TPSA) is 26.3 Å². The molecule has 0 amide bonds. The summed E-state index contributed by atoms with van der Waals surface area (Å²) in [6.45, 7) is 2.16. The second-order valence-corrected chi connectivity index (χ2v) is 4.40. The molecule has 2 unspecified atom stereocenters.